The molecule has 1 aromatic carbocycles. The summed E-state index contributed by atoms with van der Waals surface area (Å²) in [5.74, 6) is -1.38. The number of hydrogen-bond donors (Lipinski definition) is 0. The Hall–Kier alpha value is -1.04. The molecular formula is C21H30F4OSi. The standard InChI is InChI=1S/C21H30F4OSi/c1-2-27-17-9-7-14(8-10-17)13-3-5-15(6-4-13)16-11-18(22)20(19(23)12-16)26-21(24)25/h11-15,17,21H,2-10,27H2,1H3. The Balaban J connectivity index is 1.55. The lowest BCUT2D eigenvalue weighted by Crippen LogP contribution is -2.25. The Kier molecular flexibility index (Phi) is 7.23. The maximum Gasteiger partial charge on any atom is 0.387 e. The third-order valence-corrected chi connectivity index (χ3v) is 8.94. The minimum Gasteiger partial charge on any atom is -0.429 e. The highest BCUT2D eigenvalue weighted by molar-refractivity contribution is 6.37. The summed E-state index contributed by atoms with van der Waals surface area (Å²) in [6.45, 7) is -0.914. The van der Waals surface area contributed by atoms with Crippen molar-refractivity contribution in [1.29, 1.82) is 0 Å². The molecular weight excluding hydrogens is 372 g/mol. The molecule has 0 atom stereocenters. The van der Waals surface area contributed by atoms with Crippen LogP contribution in [-0.2, 0) is 0 Å². The summed E-state index contributed by atoms with van der Waals surface area (Å²) >= 11 is 0. The zero-order chi connectivity index (χ0) is 19.4. The van der Waals surface area contributed by atoms with Gasteiger partial charge in [-0.1, -0.05) is 44.2 Å². The van der Waals surface area contributed by atoms with Crippen LogP contribution < -0.4 is 4.74 Å². The zero-order valence-corrected chi connectivity index (χ0v) is 17.4. The van der Waals surface area contributed by atoms with E-state index in [4.69, 9.17) is 0 Å². The highest BCUT2D eigenvalue weighted by Crippen LogP contribution is 2.45. The first kappa shape index (κ1) is 20.7. The van der Waals surface area contributed by atoms with E-state index in [1.165, 1.54) is 43.9 Å². The molecule has 6 heteroatoms. The molecule has 0 aromatic heterocycles. The molecule has 0 radical (unpaired) electrons. The summed E-state index contributed by atoms with van der Waals surface area (Å²) in [5, 5.41) is 0. The van der Waals surface area contributed by atoms with Crippen LogP contribution >= 0.6 is 0 Å². The van der Waals surface area contributed by atoms with E-state index < -0.39 is 24.0 Å². The lowest BCUT2D eigenvalue weighted by molar-refractivity contribution is -0.0546. The van der Waals surface area contributed by atoms with Gasteiger partial charge in [0.2, 0.25) is 0 Å². The molecule has 2 fully saturated rings. The van der Waals surface area contributed by atoms with Crippen molar-refractivity contribution in [1.82, 2.24) is 0 Å². The molecule has 1 aromatic rings. The van der Waals surface area contributed by atoms with Crippen LogP contribution in [0, 0.1) is 23.5 Å². The van der Waals surface area contributed by atoms with Crippen molar-refractivity contribution in [2.75, 3.05) is 0 Å². The Bertz CT molecular complexity index is 585. The average molecular weight is 403 g/mol. The molecule has 2 aliphatic rings. The molecule has 2 saturated carbocycles. The zero-order valence-electron chi connectivity index (χ0n) is 16.0. The molecule has 3 rings (SSSR count). The van der Waals surface area contributed by atoms with Gasteiger partial charge >= 0.3 is 6.61 Å². The fraction of sp³-hybridized carbons (Fsp3) is 0.714. The molecule has 2 aliphatic carbocycles. The number of rotatable bonds is 6. The van der Waals surface area contributed by atoms with Gasteiger partial charge in [0.1, 0.15) is 0 Å². The monoisotopic (exact) mass is 402 g/mol. The molecule has 0 heterocycles. The summed E-state index contributed by atoms with van der Waals surface area (Å²) in [4.78, 5) is 0. The van der Waals surface area contributed by atoms with E-state index in [-0.39, 0.29) is 15.4 Å². The maximum atomic E-state index is 14.0. The van der Waals surface area contributed by atoms with E-state index in [0.717, 1.165) is 43.1 Å². The first-order valence-electron chi connectivity index (χ1n) is 10.4. The van der Waals surface area contributed by atoms with Crippen LogP contribution in [0.4, 0.5) is 17.6 Å². The van der Waals surface area contributed by atoms with Crippen molar-refractivity contribution >= 4 is 9.52 Å². The summed E-state index contributed by atoms with van der Waals surface area (Å²) in [6.07, 6.45) is 9.57. The molecule has 0 N–H and O–H groups in total. The van der Waals surface area contributed by atoms with Gasteiger partial charge in [0.15, 0.2) is 17.4 Å². The molecule has 0 saturated heterocycles. The first-order chi connectivity index (χ1) is 13.0. The number of halogens is 4. The van der Waals surface area contributed by atoms with Gasteiger partial charge < -0.3 is 4.74 Å². The molecule has 0 bridgehead atoms. The van der Waals surface area contributed by atoms with Crippen LogP contribution in [0.25, 0.3) is 0 Å². The van der Waals surface area contributed by atoms with Crippen molar-refractivity contribution < 1.29 is 22.3 Å². The molecule has 0 unspecified atom stereocenters. The van der Waals surface area contributed by atoms with Crippen molar-refractivity contribution in [2.24, 2.45) is 11.8 Å². The second-order valence-corrected chi connectivity index (χ2v) is 11.1. The SMILES string of the molecule is CC[SiH2]C1CCC(C2CCC(c3cc(F)c(OC(F)F)c(F)c3)CC2)CC1. The van der Waals surface area contributed by atoms with Crippen LogP contribution in [0.1, 0.15) is 69.8 Å². The third kappa shape index (κ3) is 5.27. The van der Waals surface area contributed by atoms with Crippen molar-refractivity contribution in [3.05, 3.63) is 29.3 Å². The third-order valence-electron chi connectivity index (χ3n) is 6.73. The fourth-order valence-corrected chi connectivity index (χ4v) is 7.16. The Labute approximate surface area is 161 Å². The van der Waals surface area contributed by atoms with E-state index >= 15 is 0 Å². The van der Waals surface area contributed by atoms with Gasteiger partial charge in [0.05, 0.1) is 0 Å². The number of benzene rings is 1. The highest BCUT2D eigenvalue weighted by Gasteiger charge is 2.31. The number of alkyl halides is 2. The number of hydrogen-bond acceptors (Lipinski definition) is 1. The van der Waals surface area contributed by atoms with E-state index in [0.29, 0.717) is 5.56 Å². The van der Waals surface area contributed by atoms with Crippen LogP contribution in [0.5, 0.6) is 5.75 Å². The van der Waals surface area contributed by atoms with Crippen LogP contribution in [0.3, 0.4) is 0 Å². The van der Waals surface area contributed by atoms with Gasteiger partial charge in [-0.2, -0.15) is 8.78 Å². The number of ether oxygens (including phenoxy) is 1. The van der Waals surface area contributed by atoms with Gasteiger partial charge in [-0.15, -0.1) is 0 Å². The minimum atomic E-state index is -3.23. The second-order valence-electron chi connectivity index (χ2n) is 8.37. The van der Waals surface area contributed by atoms with Crippen LogP contribution in [-0.4, -0.2) is 16.1 Å². The van der Waals surface area contributed by atoms with Crippen molar-refractivity contribution in [3.8, 4) is 5.75 Å². The molecule has 152 valence electrons. The van der Waals surface area contributed by atoms with Gasteiger partial charge in [-0.25, -0.2) is 8.78 Å². The van der Waals surface area contributed by atoms with Crippen LogP contribution in [0.15, 0.2) is 12.1 Å². The maximum absolute atomic E-state index is 14.0. The van der Waals surface area contributed by atoms with Gasteiger partial charge in [-0.3, -0.25) is 0 Å². The Morgan fingerprint density at radius 1 is 0.926 bits per heavy atom. The Morgan fingerprint density at radius 3 is 1.93 bits per heavy atom. The van der Waals surface area contributed by atoms with Crippen molar-refractivity contribution in [2.45, 2.75) is 82.4 Å². The molecule has 0 amide bonds. The minimum absolute atomic E-state index is 0.106. The summed E-state index contributed by atoms with van der Waals surface area (Å²) < 4.78 is 56.5. The highest BCUT2D eigenvalue weighted by atomic mass is 28.2. The molecule has 0 spiro atoms. The Morgan fingerprint density at radius 2 is 1.44 bits per heavy atom. The second kappa shape index (κ2) is 9.44. The average Bonchev–Trinajstić information content (AvgIpc) is 2.65. The summed E-state index contributed by atoms with van der Waals surface area (Å²) in [7, 11) is 0.135. The summed E-state index contributed by atoms with van der Waals surface area (Å²) in [6, 6.07) is 3.76. The summed E-state index contributed by atoms with van der Waals surface area (Å²) in [5.41, 5.74) is 1.62. The van der Waals surface area contributed by atoms with Gasteiger partial charge in [0, 0.05) is 9.52 Å². The van der Waals surface area contributed by atoms with E-state index in [1.807, 2.05) is 0 Å². The van der Waals surface area contributed by atoms with Crippen molar-refractivity contribution in [3.63, 3.8) is 0 Å². The quantitative estimate of drug-likeness (QED) is 0.394. The van der Waals surface area contributed by atoms with E-state index in [2.05, 4.69) is 11.7 Å². The smallest absolute Gasteiger partial charge is 0.387 e. The molecule has 27 heavy (non-hydrogen) atoms. The van der Waals surface area contributed by atoms with Gasteiger partial charge in [0.25, 0.3) is 0 Å². The topological polar surface area (TPSA) is 9.23 Å². The van der Waals surface area contributed by atoms with E-state index in [1.54, 1.807) is 0 Å². The predicted molar refractivity (Wildman–Crippen MR) is 102 cm³/mol. The largest absolute Gasteiger partial charge is 0.429 e. The normalized spacial score (nSPS) is 29.6. The fourth-order valence-electron chi connectivity index (χ4n) is 5.30. The first-order valence-corrected chi connectivity index (χ1v) is 12.2. The lowest BCUT2D eigenvalue weighted by atomic mass is 9.70. The predicted octanol–water partition coefficient (Wildman–Crippen LogP) is 6.43. The van der Waals surface area contributed by atoms with E-state index in [9.17, 15) is 17.6 Å². The molecule has 1 nitrogen and oxygen atoms in total. The van der Waals surface area contributed by atoms with Gasteiger partial charge in [-0.05, 0) is 61.1 Å². The lowest BCUT2D eigenvalue weighted by Gasteiger charge is -2.38. The molecule has 0 aliphatic heterocycles. The van der Waals surface area contributed by atoms with Crippen LogP contribution in [0.2, 0.25) is 11.6 Å².